The molecule has 2 heterocycles. The van der Waals surface area contributed by atoms with Crippen LogP contribution in [-0.4, -0.2) is 44.4 Å². The first-order chi connectivity index (χ1) is 16.8. The van der Waals surface area contributed by atoms with E-state index in [1.165, 1.54) is 4.31 Å². The van der Waals surface area contributed by atoms with Crippen LogP contribution in [-0.2, 0) is 21.2 Å². The molecule has 1 amide bonds. The lowest BCUT2D eigenvalue weighted by Crippen LogP contribution is -2.44. The van der Waals surface area contributed by atoms with Gasteiger partial charge in [-0.05, 0) is 61.9 Å². The summed E-state index contributed by atoms with van der Waals surface area (Å²) in [6.45, 7) is 5.34. The van der Waals surface area contributed by atoms with Gasteiger partial charge in [-0.1, -0.05) is 32.0 Å². The minimum absolute atomic E-state index is 0.0809. The van der Waals surface area contributed by atoms with Gasteiger partial charge in [-0.25, -0.2) is 8.42 Å². The fraction of sp³-hybridized carbons (Fsp3) is 0.519. The van der Waals surface area contributed by atoms with Crippen LogP contribution in [0.2, 0.25) is 0 Å². The molecular formula is C27H36N2O5S. The summed E-state index contributed by atoms with van der Waals surface area (Å²) in [5, 5.41) is 3.21. The molecule has 0 spiro atoms. The molecule has 0 bridgehead atoms. The van der Waals surface area contributed by atoms with E-state index in [9.17, 15) is 13.2 Å². The van der Waals surface area contributed by atoms with Gasteiger partial charge >= 0.3 is 0 Å². The molecule has 1 saturated heterocycles. The van der Waals surface area contributed by atoms with E-state index in [0.717, 1.165) is 43.4 Å². The van der Waals surface area contributed by atoms with Crippen LogP contribution in [0.5, 0.6) is 11.5 Å². The number of amides is 1. The van der Waals surface area contributed by atoms with Crippen molar-refractivity contribution in [1.29, 1.82) is 0 Å². The minimum Gasteiger partial charge on any atom is -0.496 e. The van der Waals surface area contributed by atoms with Crippen LogP contribution in [0.1, 0.15) is 69.5 Å². The molecule has 4 rings (SSSR count). The third-order valence-corrected chi connectivity index (χ3v) is 9.29. The summed E-state index contributed by atoms with van der Waals surface area (Å²) in [6.07, 6.45) is 4.82. The van der Waals surface area contributed by atoms with Crippen LogP contribution in [0, 0.1) is 0 Å². The van der Waals surface area contributed by atoms with Gasteiger partial charge in [-0.3, -0.25) is 4.79 Å². The van der Waals surface area contributed by atoms with Gasteiger partial charge in [0.1, 0.15) is 17.1 Å². The fourth-order valence-electron chi connectivity index (χ4n) is 5.13. The molecule has 35 heavy (non-hydrogen) atoms. The second-order valence-electron chi connectivity index (χ2n) is 9.44. The van der Waals surface area contributed by atoms with Crippen LogP contribution in [0.4, 0.5) is 0 Å². The fourth-order valence-corrected chi connectivity index (χ4v) is 6.70. The van der Waals surface area contributed by atoms with Gasteiger partial charge in [0.15, 0.2) is 0 Å². The lowest BCUT2D eigenvalue weighted by Gasteiger charge is -2.41. The largest absolute Gasteiger partial charge is 0.496 e. The van der Waals surface area contributed by atoms with E-state index in [1.807, 2.05) is 24.3 Å². The van der Waals surface area contributed by atoms with E-state index in [1.54, 1.807) is 25.3 Å². The van der Waals surface area contributed by atoms with Crippen molar-refractivity contribution in [3.05, 3.63) is 53.6 Å². The smallest absolute Gasteiger partial charge is 0.243 e. The number of carbonyl (C=O) groups excluding carboxylic acids is 1. The predicted octanol–water partition coefficient (Wildman–Crippen LogP) is 4.61. The Hall–Kier alpha value is -2.58. The molecule has 1 atom stereocenters. The van der Waals surface area contributed by atoms with Crippen molar-refractivity contribution < 1.29 is 22.7 Å². The molecule has 0 unspecified atom stereocenters. The summed E-state index contributed by atoms with van der Waals surface area (Å²) in [5.41, 5.74) is 1.41. The molecule has 0 aliphatic carbocycles. The summed E-state index contributed by atoms with van der Waals surface area (Å²) in [4.78, 5) is 13.3. The molecule has 2 aliphatic rings. The molecule has 2 aromatic rings. The van der Waals surface area contributed by atoms with Crippen molar-refractivity contribution in [2.24, 2.45) is 0 Å². The third kappa shape index (κ3) is 5.33. The maximum Gasteiger partial charge on any atom is 0.243 e. The number of nitrogens with one attached hydrogen (secondary N) is 1. The number of hydrogen-bond donors (Lipinski definition) is 1. The zero-order chi connectivity index (χ0) is 25.1. The molecular weight excluding hydrogens is 464 g/mol. The Morgan fingerprint density at radius 2 is 1.86 bits per heavy atom. The van der Waals surface area contributed by atoms with Crippen LogP contribution in [0.15, 0.2) is 47.4 Å². The quantitative estimate of drug-likeness (QED) is 0.544. The van der Waals surface area contributed by atoms with Crippen molar-refractivity contribution in [1.82, 2.24) is 9.62 Å². The number of methoxy groups -OCH3 is 1. The Bertz CT molecular complexity index is 1150. The van der Waals surface area contributed by atoms with E-state index in [-0.39, 0.29) is 28.9 Å². The number of ether oxygens (including phenoxy) is 2. The normalized spacial score (nSPS) is 19.6. The van der Waals surface area contributed by atoms with E-state index >= 15 is 0 Å². The number of hydrogen-bond acceptors (Lipinski definition) is 5. The topological polar surface area (TPSA) is 84.9 Å². The van der Waals surface area contributed by atoms with Gasteiger partial charge in [-0.15, -0.1) is 0 Å². The Morgan fingerprint density at radius 3 is 2.54 bits per heavy atom. The van der Waals surface area contributed by atoms with Gasteiger partial charge < -0.3 is 14.8 Å². The molecule has 0 saturated carbocycles. The van der Waals surface area contributed by atoms with Crippen LogP contribution < -0.4 is 14.8 Å². The summed E-state index contributed by atoms with van der Waals surface area (Å²) in [7, 11) is -1.98. The Morgan fingerprint density at radius 1 is 1.14 bits per heavy atom. The van der Waals surface area contributed by atoms with Gasteiger partial charge in [-0.2, -0.15) is 4.31 Å². The van der Waals surface area contributed by atoms with E-state index < -0.39 is 10.0 Å². The minimum atomic E-state index is -3.54. The first-order valence-corrected chi connectivity index (χ1v) is 14.0. The Balaban J connectivity index is 1.48. The molecule has 1 N–H and O–H groups in total. The molecule has 2 aliphatic heterocycles. The molecule has 1 fully saturated rings. The second-order valence-corrected chi connectivity index (χ2v) is 11.4. The number of nitrogens with zero attached hydrogens (tertiary/aromatic N) is 1. The molecule has 7 nitrogen and oxygen atoms in total. The molecule has 0 radical (unpaired) electrons. The first kappa shape index (κ1) is 25.5. The maximum atomic E-state index is 13.1. The van der Waals surface area contributed by atoms with E-state index in [0.29, 0.717) is 30.8 Å². The SMILES string of the molecule is CCC1(CC)C[C@H](NC(=O)CCc2cc(S(=O)(=O)N3CCCC3)ccc2OC)c2ccccc2O1. The lowest BCUT2D eigenvalue weighted by atomic mass is 9.83. The van der Waals surface area contributed by atoms with Crippen LogP contribution >= 0.6 is 0 Å². The number of benzene rings is 2. The number of sulfonamides is 1. The van der Waals surface area contributed by atoms with Gasteiger partial charge in [0, 0.05) is 31.5 Å². The average Bonchev–Trinajstić information content (AvgIpc) is 3.43. The standard InChI is InChI=1S/C27H36N2O5S/c1-4-27(5-2)19-23(22-10-6-7-11-25(22)34-27)28-26(30)15-12-20-18-21(13-14-24(20)33-3)35(31,32)29-16-8-9-17-29/h6-7,10-11,13-14,18,23H,4-5,8-9,12,15-17,19H2,1-3H3,(H,28,30)/t23-/m0/s1. The van der Waals surface area contributed by atoms with Crippen molar-refractivity contribution >= 4 is 15.9 Å². The zero-order valence-corrected chi connectivity index (χ0v) is 21.7. The number of aryl methyl sites for hydroxylation is 1. The number of rotatable bonds is 9. The van der Waals surface area contributed by atoms with Gasteiger partial charge in [0.05, 0.1) is 18.0 Å². The maximum absolute atomic E-state index is 13.1. The molecule has 0 aromatic heterocycles. The van der Waals surface area contributed by atoms with Crippen molar-refractivity contribution in [2.75, 3.05) is 20.2 Å². The number of fused-ring (bicyclic) bond motifs is 1. The summed E-state index contributed by atoms with van der Waals surface area (Å²) in [5.74, 6) is 1.34. The third-order valence-electron chi connectivity index (χ3n) is 7.40. The highest BCUT2D eigenvalue weighted by Gasteiger charge is 2.39. The highest BCUT2D eigenvalue weighted by Crippen LogP contribution is 2.42. The monoisotopic (exact) mass is 500 g/mol. The van der Waals surface area contributed by atoms with E-state index in [4.69, 9.17) is 9.47 Å². The highest BCUT2D eigenvalue weighted by atomic mass is 32.2. The predicted molar refractivity (Wildman–Crippen MR) is 135 cm³/mol. The Labute approximate surface area is 208 Å². The highest BCUT2D eigenvalue weighted by molar-refractivity contribution is 7.89. The molecule has 8 heteroatoms. The first-order valence-electron chi connectivity index (χ1n) is 12.6. The Kier molecular flexibility index (Phi) is 7.71. The number of para-hydroxylation sites is 1. The van der Waals surface area contributed by atoms with Gasteiger partial charge in [0.25, 0.3) is 0 Å². The van der Waals surface area contributed by atoms with E-state index in [2.05, 4.69) is 19.2 Å². The summed E-state index contributed by atoms with van der Waals surface area (Å²) in [6, 6.07) is 12.7. The van der Waals surface area contributed by atoms with Crippen molar-refractivity contribution in [2.45, 2.75) is 75.3 Å². The summed E-state index contributed by atoms with van der Waals surface area (Å²) < 4.78 is 39.4. The van der Waals surface area contributed by atoms with Crippen molar-refractivity contribution in [3.8, 4) is 11.5 Å². The molecule has 2 aromatic carbocycles. The van der Waals surface area contributed by atoms with Crippen LogP contribution in [0.25, 0.3) is 0 Å². The molecule has 190 valence electrons. The van der Waals surface area contributed by atoms with Crippen molar-refractivity contribution in [3.63, 3.8) is 0 Å². The second kappa shape index (κ2) is 10.6. The van der Waals surface area contributed by atoms with Gasteiger partial charge in [0.2, 0.25) is 15.9 Å². The lowest BCUT2D eigenvalue weighted by molar-refractivity contribution is -0.122. The van der Waals surface area contributed by atoms with Crippen LogP contribution in [0.3, 0.4) is 0 Å². The average molecular weight is 501 g/mol. The summed E-state index contributed by atoms with van der Waals surface area (Å²) >= 11 is 0. The number of carbonyl (C=O) groups is 1. The zero-order valence-electron chi connectivity index (χ0n) is 20.9.